The Labute approximate surface area is 230 Å². The molecule has 1 aliphatic heterocycles. The third kappa shape index (κ3) is 9.25. The monoisotopic (exact) mass is 530 g/mol. The molecule has 0 aliphatic carbocycles. The Morgan fingerprint density at radius 3 is 2.31 bits per heavy atom. The van der Waals surface area contributed by atoms with Crippen molar-refractivity contribution >= 4 is 34.9 Å². The molecule has 0 saturated heterocycles. The number of carbonyl (C=O) groups is 4. The topological polar surface area (TPSA) is 116 Å². The summed E-state index contributed by atoms with van der Waals surface area (Å²) in [4.78, 5) is 52.3. The maximum absolute atomic E-state index is 13.4. The second-order valence-corrected chi connectivity index (χ2v) is 10.3. The van der Waals surface area contributed by atoms with Gasteiger partial charge >= 0.3 is 0 Å². The molecule has 0 aromatic heterocycles. The van der Waals surface area contributed by atoms with Crippen LogP contribution in [0.5, 0.6) is 0 Å². The number of allylic oxidation sites excluding steroid dienone is 3. The summed E-state index contributed by atoms with van der Waals surface area (Å²) in [7, 11) is 0. The van der Waals surface area contributed by atoms with E-state index in [2.05, 4.69) is 27.8 Å². The first-order valence-corrected chi connectivity index (χ1v) is 13.3. The fourth-order valence-corrected chi connectivity index (χ4v) is 4.26. The average Bonchev–Trinajstić information content (AvgIpc) is 2.90. The number of hydrogen-bond donors (Lipinski definition) is 4. The quantitative estimate of drug-likeness (QED) is 0.482. The highest BCUT2D eigenvalue weighted by atomic mass is 16.2. The second kappa shape index (κ2) is 14.1. The third-order valence-corrected chi connectivity index (χ3v) is 6.38. The second-order valence-electron chi connectivity index (χ2n) is 10.3. The molecule has 2 aromatic carbocycles. The van der Waals surface area contributed by atoms with Crippen molar-refractivity contribution in [1.82, 2.24) is 16.0 Å². The molecule has 8 heteroatoms. The zero-order valence-corrected chi connectivity index (χ0v) is 22.8. The summed E-state index contributed by atoms with van der Waals surface area (Å²) in [5.41, 5.74) is 2.99. The van der Waals surface area contributed by atoms with Gasteiger partial charge in [-0.2, -0.15) is 0 Å². The SMILES string of the molecule is C=C1/C=C/CCC(=O)N[C@@H](Cc2ccccc2)C(=O)N[C@@H](CC(C)C)C(=O)N[C@@H](C)C(=O)Nc2cccc1c2. The lowest BCUT2D eigenvalue weighted by atomic mass is 10.0. The van der Waals surface area contributed by atoms with Gasteiger partial charge in [-0.3, -0.25) is 19.2 Å². The molecule has 2 bridgehead atoms. The molecule has 8 nitrogen and oxygen atoms in total. The van der Waals surface area contributed by atoms with Crippen LogP contribution in [-0.4, -0.2) is 41.8 Å². The van der Waals surface area contributed by atoms with E-state index in [-0.39, 0.29) is 30.6 Å². The highest BCUT2D eigenvalue weighted by molar-refractivity contribution is 5.99. The molecule has 0 saturated carbocycles. The number of carbonyl (C=O) groups excluding carboxylic acids is 4. The lowest BCUT2D eigenvalue weighted by Crippen LogP contribution is -2.56. The van der Waals surface area contributed by atoms with Crippen LogP contribution >= 0.6 is 0 Å². The lowest BCUT2D eigenvalue weighted by Gasteiger charge is -2.25. The molecule has 3 rings (SSSR count). The molecule has 3 atom stereocenters. The third-order valence-electron chi connectivity index (χ3n) is 6.38. The van der Waals surface area contributed by atoms with Gasteiger partial charge < -0.3 is 21.3 Å². The number of fused-ring (bicyclic) bond motifs is 2. The van der Waals surface area contributed by atoms with E-state index < -0.39 is 29.9 Å². The molecule has 0 radical (unpaired) electrons. The highest BCUT2D eigenvalue weighted by Gasteiger charge is 2.29. The van der Waals surface area contributed by atoms with Crippen molar-refractivity contribution in [2.45, 2.75) is 64.6 Å². The van der Waals surface area contributed by atoms with E-state index >= 15 is 0 Å². The minimum absolute atomic E-state index is 0.0941. The number of benzene rings is 2. The summed E-state index contributed by atoms with van der Waals surface area (Å²) >= 11 is 0. The summed E-state index contributed by atoms with van der Waals surface area (Å²) < 4.78 is 0. The van der Waals surface area contributed by atoms with Crippen LogP contribution in [0.3, 0.4) is 0 Å². The van der Waals surface area contributed by atoms with Gasteiger partial charge in [0.1, 0.15) is 18.1 Å². The van der Waals surface area contributed by atoms with E-state index in [9.17, 15) is 19.2 Å². The molecule has 1 aliphatic rings. The number of nitrogens with one attached hydrogen (secondary N) is 4. The van der Waals surface area contributed by atoms with Crippen LogP contribution in [0, 0.1) is 5.92 Å². The van der Waals surface area contributed by atoms with Crippen LogP contribution in [-0.2, 0) is 25.6 Å². The van der Waals surface area contributed by atoms with Crippen LogP contribution in [0.1, 0.15) is 51.2 Å². The number of rotatable bonds is 4. The molecule has 4 N–H and O–H groups in total. The summed E-state index contributed by atoms with van der Waals surface area (Å²) in [6.45, 7) is 9.57. The maximum atomic E-state index is 13.4. The molecule has 1 heterocycles. The van der Waals surface area contributed by atoms with Crippen molar-refractivity contribution in [2.24, 2.45) is 5.92 Å². The first-order valence-electron chi connectivity index (χ1n) is 13.3. The minimum Gasteiger partial charge on any atom is -0.344 e. The van der Waals surface area contributed by atoms with Crippen molar-refractivity contribution in [3.05, 3.63) is 84.5 Å². The van der Waals surface area contributed by atoms with Crippen molar-refractivity contribution < 1.29 is 19.2 Å². The molecule has 0 spiro atoms. The minimum atomic E-state index is -0.875. The molecule has 39 heavy (non-hydrogen) atoms. The summed E-state index contributed by atoms with van der Waals surface area (Å²) in [6, 6.07) is 14.0. The van der Waals surface area contributed by atoms with Crippen LogP contribution < -0.4 is 21.3 Å². The van der Waals surface area contributed by atoms with E-state index in [1.807, 2.05) is 68.5 Å². The average molecular weight is 531 g/mol. The van der Waals surface area contributed by atoms with Crippen LogP contribution in [0.15, 0.2) is 73.3 Å². The number of hydrogen-bond acceptors (Lipinski definition) is 4. The first-order chi connectivity index (χ1) is 18.6. The zero-order chi connectivity index (χ0) is 28.4. The Morgan fingerprint density at radius 1 is 0.872 bits per heavy atom. The van der Waals surface area contributed by atoms with Gasteiger partial charge in [0.25, 0.3) is 0 Å². The smallest absolute Gasteiger partial charge is 0.246 e. The zero-order valence-electron chi connectivity index (χ0n) is 22.8. The van der Waals surface area contributed by atoms with Crippen molar-refractivity contribution in [2.75, 3.05) is 5.32 Å². The summed E-state index contributed by atoms with van der Waals surface area (Å²) in [5, 5.41) is 11.2. The Morgan fingerprint density at radius 2 is 1.59 bits per heavy atom. The Kier molecular flexibility index (Phi) is 10.6. The molecule has 2 aromatic rings. The van der Waals surface area contributed by atoms with Crippen molar-refractivity contribution in [3.63, 3.8) is 0 Å². The van der Waals surface area contributed by atoms with Gasteiger partial charge in [0.05, 0.1) is 0 Å². The number of amides is 4. The van der Waals surface area contributed by atoms with E-state index in [0.717, 1.165) is 16.7 Å². The van der Waals surface area contributed by atoms with Crippen molar-refractivity contribution in [1.29, 1.82) is 0 Å². The van der Waals surface area contributed by atoms with E-state index in [0.29, 0.717) is 18.5 Å². The lowest BCUT2D eigenvalue weighted by molar-refractivity contribution is -0.133. The molecular weight excluding hydrogens is 492 g/mol. The van der Waals surface area contributed by atoms with E-state index in [4.69, 9.17) is 0 Å². The Balaban J connectivity index is 1.90. The number of anilines is 1. The van der Waals surface area contributed by atoms with Gasteiger partial charge in [-0.25, -0.2) is 0 Å². The largest absolute Gasteiger partial charge is 0.344 e. The van der Waals surface area contributed by atoms with E-state index in [1.54, 1.807) is 19.1 Å². The van der Waals surface area contributed by atoms with Gasteiger partial charge in [0.2, 0.25) is 23.6 Å². The van der Waals surface area contributed by atoms with Gasteiger partial charge in [-0.15, -0.1) is 0 Å². The predicted octanol–water partition coefficient (Wildman–Crippen LogP) is 3.75. The molecule has 4 amide bonds. The Hall–Kier alpha value is -4.20. The van der Waals surface area contributed by atoms with E-state index in [1.165, 1.54) is 0 Å². The predicted molar refractivity (Wildman–Crippen MR) is 154 cm³/mol. The van der Waals surface area contributed by atoms with Gasteiger partial charge in [-0.1, -0.05) is 75.0 Å². The molecule has 0 unspecified atom stereocenters. The Bertz CT molecular complexity index is 1220. The summed E-state index contributed by atoms with van der Waals surface area (Å²) in [6.07, 6.45) is 4.97. The van der Waals surface area contributed by atoms with Crippen molar-refractivity contribution in [3.8, 4) is 0 Å². The standard InChI is InChI=1S/C31H38N4O4/c1-20(2)17-26-30(38)32-22(4)29(37)33-25-15-10-14-24(19-25)21(3)11-8-9-16-28(36)34-27(31(39)35-26)18-23-12-6-5-7-13-23/h5-8,10-15,19-20,22,26-27H,3,9,16-18H2,1-2,4H3,(H,32,38)(H,33,37)(H,34,36)(H,35,39)/b11-8+/t22-,26-,27-/m0/s1. The first kappa shape index (κ1) is 29.4. The molecular formula is C31H38N4O4. The fraction of sp³-hybridized carbons (Fsp3) is 0.355. The highest BCUT2D eigenvalue weighted by Crippen LogP contribution is 2.19. The van der Waals surface area contributed by atoms with Crippen LogP contribution in [0.4, 0.5) is 5.69 Å². The van der Waals surface area contributed by atoms with Gasteiger partial charge in [0.15, 0.2) is 0 Å². The van der Waals surface area contributed by atoms with Crippen LogP contribution in [0.2, 0.25) is 0 Å². The molecule has 0 fully saturated rings. The van der Waals surface area contributed by atoms with Gasteiger partial charge in [-0.05, 0) is 54.5 Å². The van der Waals surface area contributed by atoms with Gasteiger partial charge in [0, 0.05) is 18.5 Å². The normalized spacial score (nSPS) is 22.5. The summed E-state index contributed by atoms with van der Waals surface area (Å²) in [5.74, 6) is -1.48. The maximum Gasteiger partial charge on any atom is 0.246 e. The molecule has 206 valence electrons. The fourth-order valence-electron chi connectivity index (χ4n) is 4.26. The van der Waals surface area contributed by atoms with Crippen LogP contribution in [0.25, 0.3) is 5.57 Å².